The van der Waals surface area contributed by atoms with Crippen LogP contribution in [-0.4, -0.2) is 42.9 Å². The van der Waals surface area contributed by atoms with E-state index >= 15 is 0 Å². The molecule has 6 heteroatoms. The van der Waals surface area contributed by atoms with E-state index in [4.69, 9.17) is 9.84 Å². The molecule has 0 aromatic rings. The number of hydrogen-bond acceptors (Lipinski definition) is 3. The van der Waals surface area contributed by atoms with Gasteiger partial charge in [-0.15, -0.1) is 0 Å². The molecule has 0 aromatic heterocycles. The zero-order valence-electron chi connectivity index (χ0n) is 9.36. The van der Waals surface area contributed by atoms with Crippen molar-refractivity contribution in [2.75, 3.05) is 19.8 Å². The van der Waals surface area contributed by atoms with Crippen LogP contribution in [0.25, 0.3) is 0 Å². The van der Waals surface area contributed by atoms with E-state index in [0.29, 0.717) is 12.5 Å². The normalized spacial score (nSPS) is 23.3. The lowest BCUT2D eigenvalue weighted by Crippen LogP contribution is -2.48. The summed E-state index contributed by atoms with van der Waals surface area (Å²) in [5, 5.41) is 13.7. The molecular weight excluding hydrogens is 212 g/mol. The van der Waals surface area contributed by atoms with Gasteiger partial charge < -0.3 is 20.5 Å². The molecule has 0 atom stereocenters. The number of carbonyl (C=O) groups excluding carboxylic acids is 1. The van der Waals surface area contributed by atoms with Crippen LogP contribution in [0.15, 0.2) is 0 Å². The average Bonchev–Trinajstić information content (AvgIpc) is 2.14. The Morgan fingerprint density at radius 1 is 1.44 bits per heavy atom. The summed E-state index contributed by atoms with van der Waals surface area (Å²) in [5.41, 5.74) is 0. The van der Waals surface area contributed by atoms with Crippen molar-refractivity contribution in [1.82, 2.24) is 10.6 Å². The van der Waals surface area contributed by atoms with Crippen molar-refractivity contribution in [3.63, 3.8) is 0 Å². The topological polar surface area (TPSA) is 87.7 Å². The maximum absolute atomic E-state index is 11.3. The summed E-state index contributed by atoms with van der Waals surface area (Å²) in [6, 6.07) is 0.0748. The Balaban J connectivity index is 1.92. The first-order valence-electron chi connectivity index (χ1n) is 5.42. The number of carboxylic acids is 1. The Hall–Kier alpha value is -1.30. The van der Waals surface area contributed by atoms with Crippen LogP contribution < -0.4 is 10.6 Å². The van der Waals surface area contributed by atoms with E-state index in [2.05, 4.69) is 17.6 Å². The number of aliphatic carboxylic acids is 1. The molecule has 0 heterocycles. The molecule has 0 aromatic carbocycles. The Labute approximate surface area is 94.3 Å². The molecule has 0 radical (unpaired) electrons. The van der Waals surface area contributed by atoms with Crippen molar-refractivity contribution in [3.8, 4) is 0 Å². The van der Waals surface area contributed by atoms with Crippen LogP contribution in [0, 0.1) is 5.92 Å². The number of nitrogens with one attached hydrogen (secondary N) is 2. The molecule has 16 heavy (non-hydrogen) atoms. The highest BCUT2D eigenvalue weighted by atomic mass is 16.5. The highest BCUT2D eigenvalue weighted by Crippen LogP contribution is 2.25. The Morgan fingerprint density at radius 3 is 2.69 bits per heavy atom. The standard InChI is InChI=1S/C10H18N2O4/c1-7-4-8(5-7)12-10(15)11-2-3-16-6-9(13)14/h7-8H,2-6H2,1H3,(H,13,14)(H2,11,12,15). The summed E-state index contributed by atoms with van der Waals surface area (Å²) in [6.07, 6.45) is 2.06. The fraction of sp³-hybridized carbons (Fsp3) is 0.800. The van der Waals surface area contributed by atoms with Gasteiger partial charge >= 0.3 is 12.0 Å². The van der Waals surface area contributed by atoms with Gasteiger partial charge in [0.25, 0.3) is 0 Å². The third kappa shape index (κ3) is 4.97. The highest BCUT2D eigenvalue weighted by Gasteiger charge is 2.26. The van der Waals surface area contributed by atoms with Gasteiger partial charge in [-0.25, -0.2) is 9.59 Å². The van der Waals surface area contributed by atoms with E-state index in [1.54, 1.807) is 0 Å². The highest BCUT2D eigenvalue weighted by molar-refractivity contribution is 5.74. The van der Waals surface area contributed by atoms with Gasteiger partial charge in [0.15, 0.2) is 0 Å². The molecule has 1 aliphatic carbocycles. The van der Waals surface area contributed by atoms with Gasteiger partial charge in [-0.1, -0.05) is 6.92 Å². The maximum atomic E-state index is 11.3. The van der Waals surface area contributed by atoms with Crippen molar-refractivity contribution in [2.24, 2.45) is 5.92 Å². The minimum absolute atomic E-state index is 0.209. The van der Waals surface area contributed by atoms with Crippen LogP contribution in [0.4, 0.5) is 4.79 Å². The van der Waals surface area contributed by atoms with Gasteiger partial charge in [0.2, 0.25) is 0 Å². The summed E-state index contributed by atoms with van der Waals surface area (Å²) in [4.78, 5) is 21.4. The summed E-state index contributed by atoms with van der Waals surface area (Å²) >= 11 is 0. The van der Waals surface area contributed by atoms with Gasteiger partial charge in [0.05, 0.1) is 6.61 Å². The third-order valence-electron chi connectivity index (χ3n) is 2.47. The van der Waals surface area contributed by atoms with Crippen molar-refractivity contribution >= 4 is 12.0 Å². The van der Waals surface area contributed by atoms with Crippen molar-refractivity contribution in [1.29, 1.82) is 0 Å². The molecule has 0 bridgehead atoms. The molecule has 6 nitrogen and oxygen atoms in total. The largest absolute Gasteiger partial charge is 0.480 e. The predicted octanol–water partition coefficient (Wildman–Crippen LogP) is 0.185. The van der Waals surface area contributed by atoms with Crippen molar-refractivity contribution < 1.29 is 19.4 Å². The van der Waals surface area contributed by atoms with Crippen LogP contribution in [0.3, 0.4) is 0 Å². The molecule has 1 saturated carbocycles. The molecule has 0 spiro atoms. The molecule has 92 valence electrons. The van der Waals surface area contributed by atoms with E-state index in [0.717, 1.165) is 12.8 Å². The number of urea groups is 1. The second-order valence-electron chi connectivity index (χ2n) is 4.12. The molecule has 0 unspecified atom stereocenters. The first-order chi connectivity index (χ1) is 7.58. The monoisotopic (exact) mass is 230 g/mol. The van der Waals surface area contributed by atoms with E-state index in [-0.39, 0.29) is 25.3 Å². The van der Waals surface area contributed by atoms with Crippen molar-refractivity contribution in [2.45, 2.75) is 25.8 Å². The smallest absolute Gasteiger partial charge is 0.329 e. The number of amides is 2. The SMILES string of the molecule is CC1CC(NC(=O)NCCOCC(=O)O)C1. The van der Waals surface area contributed by atoms with E-state index in [1.807, 2.05) is 0 Å². The lowest BCUT2D eigenvalue weighted by molar-refractivity contribution is -0.142. The fourth-order valence-corrected chi connectivity index (χ4v) is 1.65. The first kappa shape index (κ1) is 12.8. The zero-order valence-corrected chi connectivity index (χ0v) is 9.36. The maximum Gasteiger partial charge on any atom is 0.329 e. The number of carboxylic acid groups (broad SMARTS) is 1. The van der Waals surface area contributed by atoms with Crippen molar-refractivity contribution in [3.05, 3.63) is 0 Å². The number of rotatable bonds is 6. The Morgan fingerprint density at radius 2 is 2.12 bits per heavy atom. The third-order valence-corrected chi connectivity index (χ3v) is 2.47. The summed E-state index contributed by atoms with van der Waals surface area (Å²) in [6.45, 7) is 2.35. The van der Waals surface area contributed by atoms with E-state index in [9.17, 15) is 9.59 Å². The molecule has 3 N–H and O–H groups in total. The van der Waals surface area contributed by atoms with Crippen LogP contribution in [0.2, 0.25) is 0 Å². The van der Waals surface area contributed by atoms with Gasteiger partial charge in [0, 0.05) is 12.6 Å². The van der Waals surface area contributed by atoms with E-state index in [1.165, 1.54) is 0 Å². The van der Waals surface area contributed by atoms with E-state index < -0.39 is 5.97 Å². The van der Waals surface area contributed by atoms with Gasteiger partial charge in [-0.3, -0.25) is 0 Å². The minimum atomic E-state index is -1.01. The fourth-order valence-electron chi connectivity index (χ4n) is 1.65. The molecule has 0 aliphatic heterocycles. The second-order valence-corrected chi connectivity index (χ2v) is 4.12. The van der Waals surface area contributed by atoms with Gasteiger partial charge in [-0.05, 0) is 18.8 Å². The molecule has 2 amide bonds. The van der Waals surface area contributed by atoms with Gasteiger partial charge in [0.1, 0.15) is 6.61 Å². The average molecular weight is 230 g/mol. The quantitative estimate of drug-likeness (QED) is 0.568. The number of carbonyl (C=O) groups is 2. The minimum Gasteiger partial charge on any atom is -0.480 e. The van der Waals surface area contributed by atoms with Crippen LogP contribution in [0.5, 0.6) is 0 Å². The summed E-state index contributed by atoms with van der Waals surface area (Å²) < 4.78 is 4.77. The molecule has 1 fully saturated rings. The second kappa shape index (κ2) is 6.32. The van der Waals surface area contributed by atoms with Gasteiger partial charge in [-0.2, -0.15) is 0 Å². The van der Waals surface area contributed by atoms with Crippen LogP contribution in [0.1, 0.15) is 19.8 Å². The zero-order chi connectivity index (χ0) is 12.0. The van der Waals surface area contributed by atoms with Crippen LogP contribution in [-0.2, 0) is 9.53 Å². The Kier molecular flexibility index (Phi) is 5.04. The van der Waals surface area contributed by atoms with Crippen LogP contribution >= 0.6 is 0 Å². The lowest BCUT2D eigenvalue weighted by Gasteiger charge is -2.33. The molecule has 0 saturated heterocycles. The summed E-state index contributed by atoms with van der Waals surface area (Å²) in [5.74, 6) is -0.308. The first-order valence-corrected chi connectivity index (χ1v) is 5.42. The lowest BCUT2D eigenvalue weighted by atomic mass is 9.82. The molecule has 1 rings (SSSR count). The molecule has 1 aliphatic rings. The predicted molar refractivity (Wildman–Crippen MR) is 57.2 cm³/mol. The molecular formula is C10H18N2O4. The number of hydrogen-bond donors (Lipinski definition) is 3. The Bertz CT molecular complexity index is 251. The summed E-state index contributed by atoms with van der Waals surface area (Å²) in [7, 11) is 0. The number of ether oxygens (including phenoxy) is 1.